The van der Waals surface area contributed by atoms with E-state index in [1.54, 1.807) is 11.3 Å². The summed E-state index contributed by atoms with van der Waals surface area (Å²) in [6.07, 6.45) is 4.84. The van der Waals surface area contributed by atoms with Crippen molar-refractivity contribution in [1.29, 1.82) is 0 Å². The highest BCUT2D eigenvalue weighted by Crippen LogP contribution is 2.42. The van der Waals surface area contributed by atoms with Gasteiger partial charge in [0.05, 0.1) is 5.39 Å². The number of nitrogens with zero attached hydrogens (tertiary/aromatic N) is 2. The first kappa shape index (κ1) is 12.8. The topological polar surface area (TPSA) is 63.8 Å². The van der Waals surface area contributed by atoms with E-state index in [-0.39, 0.29) is 0 Å². The summed E-state index contributed by atoms with van der Waals surface area (Å²) in [5.74, 6) is 7.77. The van der Waals surface area contributed by atoms with Gasteiger partial charge in [0.1, 0.15) is 10.7 Å². The molecule has 0 amide bonds. The molecule has 0 radical (unpaired) electrons. The van der Waals surface area contributed by atoms with Crippen molar-refractivity contribution in [3.63, 3.8) is 0 Å². The molecule has 19 heavy (non-hydrogen) atoms. The van der Waals surface area contributed by atoms with Crippen molar-refractivity contribution in [2.75, 3.05) is 5.43 Å². The van der Waals surface area contributed by atoms with Gasteiger partial charge in [0, 0.05) is 5.92 Å². The Kier molecular flexibility index (Phi) is 3.19. The summed E-state index contributed by atoms with van der Waals surface area (Å²) < 4.78 is 0. The number of rotatable bonds is 2. The molecule has 4 nitrogen and oxygen atoms in total. The minimum absolute atomic E-state index is 0.471. The van der Waals surface area contributed by atoms with E-state index in [0.717, 1.165) is 21.9 Å². The zero-order valence-electron chi connectivity index (χ0n) is 11.4. The molecule has 102 valence electrons. The van der Waals surface area contributed by atoms with E-state index < -0.39 is 0 Å². The van der Waals surface area contributed by atoms with Gasteiger partial charge in [-0.3, -0.25) is 0 Å². The summed E-state index contributed by atoms with van der Waals surface area (Å²) >= 11 is 1.65. The van der Waals surface area contributed by atoms with Crippen LogP contribution in [0.1, 0.15) is 51.3 Å². The van der Waals surface area contributed by atoms with Gasteiger partial charge < -0.3 is 5.43 Å². The Balaban J connectivity index is 1.93. The van der Waals surface area contributed by atoms with Crippen LogP contribution in [0.4, 0.5) is 5.82 Å². The molecular weight excluding hydrogens is 256 g/mol. The zero-order valence-corrected chi connectivity index (χ0v) is 12.3. The lowest BCUT2D eigenvalue weighted by atomic mass is 9.73. The number of fused-ring (bicyclic) bond motifs is 1. The Hall–Kier alpha value is -1.20. The quantitative estimate of drug-likeness (QED) is 0.649. The zero-order chi connectivity index (χ0) is 13.5. The summed E-state index contributed by atoms with van der Waals surface area (Å²) in [7, 11) is 0. The van der Waals surface area contributed by atoms with Crippen molar-refractivity contribution >= 4 is 27.4 Å². The smallest absolute Gasteiger partial charge is 0.152 e. The highest BCUT2D eigenvalue weighted by Gasteiger charge is 2.29. The van der Waals surface area contributed by atoms with Crippen LogP contribution in [-0.4, -0.2) is 9.97 Å². The molecule has 0 aliphatic heterocycles. The summed E-state index contributed by atoms with van der Waals surface area (Å²) in [4.78, 5) is 10.4. The second-order valence-corrected chi connectivity index (χ2v) is 7.05. The van der Waals surface area contributed by atoms with E-state index in [9.17, 15) is 0 Å². The molecule has 0 unspecified atom stereocenters. The lowest BCUT2D eigenvalue weighted by Gasteiger charge is -2.33. The third-order valence-corrected chi connectivity index (χ3v) is 4.99. The maximum absolute atomic E-state index is 5.58. The van der Waals surface area contributed by atoms with Gasteiger partial charge in [0.15, 0.2) is 5.82 Å². The van der Waals surface area contributed by atoms with Crippen LogP contribution in [0.2, 0.25) is 0 Å². The van der Waals surface area contributed by atoms with E-state index in [1.807, 2.05) is 11.4 Å². The van der Waals surface area contributed by atoms with Crippen LogP contribution < -0.4 is 11.3 Å². The highest BCUT2D eigenvalue weighted by molar-refractivity contribution is 7.16. The number of nitrogen functional groups attached to an aromatic ring is 1. The van der Waals surface area contributed by atoms with E-state index >= 15 is 0 Å². The first-order valence-corrected chi connectivity index (χ1v) is 7.69. The molecule has 2 heterocycles. The van der Waals surface area contributed by atoms with Gasteiger partial charge in [0.25, 0.3) is 0 Å². The summed E-state index contributed by atoms with van der Waals surface area (Å²) in [6, 6.07) is 2.02. The van der Waals surface area contributed by atoms with Crippen molar-refractivity contribution in [2.45, 2.75) is 45.4 Å². The van der Waals surface area contributed by atoms with Crippen LogP contribution >= 0.6 is 11.3 Å². The fraction of sp³-hybridized carbons (Fsp3) is 0.571. The molecule has 1 fully saturated rings. The number of thiophene rings is 1. The summed E-state index contributed by atoms with van der Waals surface area (Å²) in [5, 5.41) is 3.06. The highest BCUT2D eigenvalue weighted by atomic mass is 32.1. The molecule has 0 aromatic carbocycles. The Labute approximate surface area is 117 Å². The van der Waals surface area contributed by atoms with Crippen LogP contribution in [0.25, 0.3) is 10.2 Å². The first-order chi connectivity index (χ1) is 9.09. The molecule has 2 aromatic heterocycles. The lowest BCUT2D eigenvalue weighted by molar-refractivity contribution is 0.221. The molecule has 1 aliphatic carbocycles. The Bertz CT molecular complexity index is 580. The molecule has 3 rings (SSSR count). The van der Waals surface area contributed by atoms with Gasteiger partial charge in [-0.2, -0.15) is 0 Å². The SMILES string of the molecule is CC1(C)CCC(c2nc(NN)c3ccsc3n2)CC1. The number of anilines is 1. The van der Waals surface area contributed by atoms with E-state index in [1.165, 1.54) is 25.7 Å². The predicted molar refractivity (Wildman–Crippen MR) is 80.2 cm³/mol. The fourth-order valence-corrected chi connectivity index (χ4v) is 3.59. The third-order valence-electron chi connectivity index (χ3n) is 4.18. The fourth-order valence-electron chi connectivity index (χ4n) is 2.82. The van der Waals surface area contributed by atoms with Gasteiger partial charge in [-0.05, 0) is 42.5 Å². The minimum Gasteiger partial charge on any atom is -0.308 e. The van der Waals surface area contributed by atoms with E-state index in [4.69, 9.17) is 10.8 Å². The average Bonchev–Trinajstić information content (AvgIpc) is 2.85. The average molecular weight is 276 g/mol. The number of aromatic nitrogens is 2. The van der Waals surface area contributed by atoms with Crippen molar-refractivity contribution in [1.82, 2.24) is 9.97 Å². The molecule has 3 N–H and O–H groups in total. The number of nitrogens with two attached hydrogens (primary N) is 1. The molecule has 1 saturated carbocycles. The van der Waals surface area contributed by atoms with Crippen LogP contribution in [0.5, 0.6) is 0 Å². The largest absolute Gasteiger partial charge is 0.308 e. The molecule has 0 saturated heterocycles. The van der Waals surface area contributed by atoms with Crippen LogP contribution in [0.3, 0.4) is 0 Å². The summed E-state index contributed by atoms with van der Waals surface area (Å²) in [5.41, 5.74) is 3.18. The minimum atomic E-state index is 0.471. The standard InChI is InChI=1S/C14H20N4S/c1-14(2)6-3-9(4-7-14)11-16-12(18-15)10-5-8-19-13(10)17-11/h5,8-9H,3-4,6-7,15H2,1-2H3,(H,16,17,18). The molecule has 5 heteroatoms. The van der Waals surface area contributed by atoms with Crippen molar-refractivity contribution in [2.24, 2.45) is 11.3 Å². The van der Waals surface area contributed by atoms with Crippen molar-refractivity contribution in [3.05, 3.63) is 17.3 Å². The third kappa shape index (κ3) is 2.44. The number of hydrogen-bond acceptors (Lipinski definition) is 5. The second-order valence-electron chi connectivity index (χ2n) is 6.15. The van der Waals surface area contributed by atoms with Gasteiger partial charge >= 0.3 is 0 Å². The van der Waals surface area contributed by atoms with Gasteiger partial charge in [0.2, 0.25) is 0 Å². The molecule has 1 aliphatic rings. The molecule has 0 atom stereocenters. The van der Waals surface area contributed by atoms with Gasteiger partial charge in [-0.1, -0.05) is 13.8 Å². The van der Waals surface area contributed by atoms with Crippen LogP contribution in [0.15, 0.2) is 11.4 Å². The number of nitrogens with one attached hydrogen (secondary N) is 1. The normalized spacial score (nSPS) is 19.7. The first-order valence-electron chi connectivity index (χ1n) is 6.81. The van der Waals surface area contributed by atoms with E-state index in [0.29, 0.717) is 11.3 Å². The maximum Gasteiger partial charge on any atom is 0.152 e. The molecule has 0 spiro atoms. The molecule has 0 bridgehead atoms. The van der Waals surface area contributed by atoms with Crippen molar-refractivity contribution < 1.29 is 0 Å². The Morgan fingerprint density at radius 2 is 2.05 bits per heavy atom. The molecular formula is C14H20N4S. The van der Waals surface area contributed by atoms with Crippen LogP contribution in [0, 0.1) is 5.41 Å². The number of hydrogen-bond donors (Lipinski definition) is 2. The van der Waals surface area contributed by atoms with Gasteiger partial charge in [-0.25, -0.2) is 15.8 Å². The predicted octanol–water partition coefficient (Wildman–Crippen LogP) is 3.66. The Morgan fingerprint density at radius 3 is 2.74 bits per heavy atom. The summed E-state index contributed by atoms with van der Waals surface area (Å²) in [6.45, 7) is 4.69. The second kappa shape index (κ2) is 4.72. The number of hydrazine groups is 1. The maximum atomic E-state index is 5.58. The monoisotopic (exact) mass is 276 g/mol. The van der Waals surface area contributed by atoms with Gasteiger partial charge in [-0.15, -0.1) is 11.3 Å². The Morgan fingerprint density at radius 1 is 1.32 bits per heavy atom. The van der Waals surface area contributed by atoms with E-state index in [2.05, 4.69) is 24.3 Å². The van der Waals surface area contributed by atoms with Crippen LogP contribution in [-0.2, 0) is 0 Å². The van der Waals surface area contributed by atoms with Crippen molar-refractivity contribution in [3.8, 4) is 0 Å². The molecule has 2 aromatic rings. The lowest BCUT2D eigenvalue weighted by Crippen LogP contribution is -2.22.